The molecule has 0 fully saturated rings. The second kappa shape index (κ2) is 9.00. The van der Waals surface area contributed by atoms with Crippen molar-refractivity contribution in [1.82, 2.24) is 5.43 Å². The second-order valence-electron chi connectivity index (χ2n) is 8.58. The lowest BCUT2D eigenvalue weighted by Crippen LogP contribution is -2.40. The third kappa shape index (κ3) is 5.69. The summed E-state index contributed by atoms with van der Waals surface area (Å²) < 4.78 is 27.9. The van der Waals surface area contributed by atoms with Gasteiger partial charge in [-0.15, -0.1) is 0 Å². The molecule has 30 heavy (non-hydrogen) atoms. The van der Waals surface area contributed by atoms with Gasteiger partial charge in [-0.05, 0) is 63.1 Å². The van der Waals surface area contributed by atoms with Gasteiger partial charge in [-0.3, -0.25) is 9.10 Å². The first kappa shape index (κ1) is 23.6. The van der Waals surface area contributed by atoms with Crippen LogP contribution in [0.5, 0.6) is 0 Å². The minimum atomic E-state index is -3.94. The lowest BCUT2D eigenvalue weighted by atomic mass is 9.91. The highest BCUT2D eigenvalue weighted by atomic mass is 32.2. The Bertz CT molecular complexity index is 1050. The Labute approximate surface area is 180 Å². The third-order valence-electron chi connectivity index (χ3n) is 5.11. The summed E-state index contributed by atoms with van der Waals surface area (Å²) in [7, 11) is -3.94. The molecule has 0 aliphatic rings. The van der Waals surface area contributed by atoms with Gasteiger partial charge in [0.1, 0.15) is 6.54 Å². The average Bonchev–Trinajstić information content (AvgIpc) is 2.66. The van der Waals surface area contributed by atoms with E-state index < -0.39 is 15.9 Å². The molecule has 2 rings (SSSR count). The molecular weight excluding hydrogens is 398 g/mol. The quantitative estimate of drug-likeness (QED) is 0.548. The van der Waals surface area contributed by atoms with E-state index in [9.17, 15) is 13.2 Å². The summed E-state index contributed by atoms with van der Waals surface area (Å²) in [5.74, 6) is -0.507. The molecule has 0 aliphatic carbocycles. The maximum absolute atomic E-state index is 13.4. The normalized spacial score (nSPS) is 12.6. The maximum atomic E-state index is 13.4. The number of carbonyl (C=O) groups is 1. The highest BCUT2D eigenvalue weighted by molar-refractivity contribution is 7.92. The Hall–Kier alpha value is -2.67. The fourth-order valence-electron chi connectivity index (χ4n) is 2.51. The van der Waals surface area contributed by atoms with Crippen LogP contribution in [0.15, 0.2) is 52.5 Å². The Balaban J connectivity index is 2.42. The monoisotopic (exact) mass is 429 g/mol. The minimum Gasteiger partial charge on any atom is -0.271 e. The second-order valence-corrected chi connectivity index (χ2v) is 10.4. The van der Waals surface area contributed by atoms with Crippen LogP contribution in [0.3, 0.4) is 0 Å². The summed E-state index contributed by atoms with van der Waals surface area (Å²) in [5, 5.41) is 4.14. The molecule has 162 valence electrons. The van der Waals surface area contributed by atoms with Gasteiger partial charge in [0.25, 0.3) is 15.9 Å². The van der Waals surface area contributed by atoms with Crippen molar-refractivity contribution in [3.63, 3.8) is 0 Å². The molecule has 7 heteroatoms. The van der Waals surface area contributed by atoms with Crippen LogP contribution < -0.4 is 9.73 Å². The largest absolute Gasteiger partial charge is 0.271 e. The van der Waals surface area contributed by atoms with Gasteiger partial charge in [-0.25, -0.2) is 13.8 Å². The van der Waals surface area contributed by atoms with Crippen LogP contribution in [0.4, 0.5) is 5.69 Å². The van der Waals surface area contributed by atoms with E-state index >= 15 is 0 Å². The zero-order valence-electron chi connectivity index (χ0n) is 18.8. The average molecular weight is 430 g/mol. The first-order valence-electron chi connectivity index (χ1n) is 9.82. The van der Waals surface area contributed by atoms with Gasteiger partial charge in [0.05, 0.1) is 10.6 Å². The van der Waals surface area contributed by atoms with Crippen molar-refractivity contribution in [2.75, 3.05) is 10.8 Å². The molecule has 2 aromatic carbocycles. The minimum absolute atomic E-state index is 0.133. The summed E-state index contributed by atoms with van der Waals surface area (Å²) in [5.41, 5.74) is 6.41. The Kier molecular flexibility index (Phi) is 7.08. The number of carbonyl (C=O) groups excluding carboxylic acids is 1. The third-order valence-corrected chi connectivity index (χ3v) is 6.90. The first-order valence-corrected chi connectivity index (χ1v) is 11.3. The molecule has 0 bridgehead atoms. The number of nitrogens with one attached hydrogen (secondary N) is 1. The zero-order chi connectivity index (χ0) is 22.7. The van der Waals surface area contributed by atoms with Crippen molar-refractivity contribution in [2.24, 2.45) is 10.5 Å². The number of hydrogen-bond donors (Lipinski definition) is 1. The van der Waals surface area contributed by atoms with Crippen LogP contribution in [-0.4, -0.2) is 26.6 Å². The molecule has 0 spiro atoms. The molecule has 0 saturated heterocycles. The lowest BCUT2D eigenvalue weighted by molar-refractivity contribution is -0.119. The van der Waals surface area contributed by atoms with Crippen molar-refractivity contribution in [3.05, 3.63) is 59.2 Å². The highest BCUT2D eigenvalue weighted by Gasteiger charge is 2.27. The zero-order valence-corrected chi connectivity index (χ0v) is 19.6. The molecule has 6 nitrogen and oxygen atoms in total. The van der Waals surface area contributed by atoms with Gasteiger partial charge in [0, 0.05) is 11.1 Å². The predicted octanol–water partition coefficient (Wildman–Crippen LogP) is 4.35. The number of hydrazone groups is 1. The van der Waals surface area contributed by atoms with Gasteiger partial charge >= 0.3 is 0 Å². The van der Waals surface area contributed by atoms with E-state index in [1.165, 1.54) is 0 Å². The molecule has 0 unspecified atom stereocenters. The van der Waals surface area contributed by atoms with Crippen molar-refractivity contribution in [3.8, 4) is 0 Å². The maximum Gasteiger partial charge on any atom is 0.264 e. The van der Waals surface area contributed by atoms with Crippen molar-refractivity contribution < 1.29 is 13.2 Å². The van der Waals surface area contributed by atoms with Crippen molar-refractivity contribution in [2.45, 2.75) is 53.4 Å². The molecule has 0 aliphatic heterocycles. The van der Waals surface area contributed by atoms with Gasteiger partial charge in [-0.2, -0.15) is 5.10 Å². The molecule has 0 heterocycles. The van der Waals surface area contributed by atoms with Crippen LogP contribution in [0, 0.1) is 26.2 Å². The van der Waals surface area contributed by atoms with Crippen molar-refractivity contribution >= 4 is 27.3 Å². The molecule has 0 atom stereocenters. The predicted molar refractivity (Wildman–Crippen MR) is 122 cm³/mol. The number of nitrogens with zero attached hydrogens (tertiary/aromatic N) is 2. The molecule has 0 saturated carbocycles. The fraction of sp³-hybridized carbons (Fsp3) is 0.391. The van der Waals surface area contributed by atoms with E-state index in [1.54, 1.807) is 36.4 Å². The highest BCUT2D eigenvalue weighted by Crippen LogP contribution is 2.26. The lowest BCUT2D eigenvalue weighted by Gasteiger charge is -2.25. The molecular formula is C23H31N3O3S. The van der Waals surface area contributed by atoms with Gasteiger partial charge in [0.2, 0.25) is 0 Å². The Morgan fingerprint density at radius 3 is 2.13 bits per heavy atom. The SMILES string of the molecule is C/C(=N/NC(=O)CN(c1ccc(C)c(C)c1)S(=O)(=O)c1ccc(C)cc1)C(C)(C)C. The van der Waals surface area contributed by atoms with Crippen molar-refractivity contribution in [1.29, 1.82) is 0 Å². The number of amides is 1. The van der Waals surface area contributed by atoms with Gasteiger partial charge in [0.15, 0.2) is 0 Å². The smallest absolute Gasteiger partial charge is 0.264 e. The van der Waals surface area contributed by atoms with Gasteiger partial charge in [-0.1, -0.05) is 44.5 Å². The van der Waals surface area contributed by atoms with E-state index in [0.717, 1.165) is 26.7 Å². The van der Waals surface area contributed by atoms with Gasteiger partial charge < -0.3 is 0 Å². The van der Waals surface area contributed by atoms with Crippen LogP contribution >= 0.6 is 0 Å². The van der Waals surface area contributed by atoms with Crippen LogP contribution in [0.2, 0.25) is 0 Å². The number of sulfonamides is 1. The Morgan fingerprint density at radius 2 is 1.60 bits per heavy atom. The van der Waals surface area contributed by atoms with Crippen LogP contribution in [0.1, 0.15) is 44.4 Å². The molecule has 0 aromatic heterocycles. The van der Waals surface area contributed by atoms with E-state index in [0.29, 0.717) is 5.69 Å². The van der Waals surface area contributed by atoms with E-state index in [-0.39, 0.29) is 16.9 Å². The molecule has 0 radical (unpaired) electrons. The topological polar surface area (TPSA) is 78.8 Å². The summed E-state index contributed by atoms with van der Waals surface area (Å²) in [6, 6.07) is 11.9. The van der Waals surface area contributed by atoms with Crippen LogP contribution in [-0.2, 0) is 14.8 Å². The fourth-order valence-corrected chi connectivity index (χ4v) is 3.93. The molecule has 1 amide bonds. The van der Waals surface area contributed by atoms with Crippen LogP contribution in [0.25, 0.3) is 0 Å². The van der Waals surface area contributed by atoms with E-state index in [2.05, 4.69) is 10.5 Å². The number of benzene rings is 2. The van der Waals surface area contributed by atoms with E-state index in [4.69, 9.17) is 0 Å². The molecule has 1 N–H and O–H groups in total. The number of rotatable bonds is 6. The summed E-state index contributed by atoms with van der Waals surface area (Å²) in [6.07, 6.45) is 0. The number of hydrogen-bond acceptors (Lipinski definition) is 4. The standard InChI is InChI=1S/C23H31N3O3S/c1-16-8-12-21(13-9-16)30(28,29)26(20-11-10-17(2)18(3)14-20)15-22(27)25-24-19(4)23(5,6)7/h8-14H,15H2,1-7H3,(H,25,27)/b24-19-. The Morgan fingerprint density at radius 1 is 1.00 bits per heavy atom. The summed E-state index contributed by atoms with van der Waals surface area (Å²) in [6.45, 7) is 13.2. The summed E-state index contributed by atoms with van der Waals surface area (Å²) in [4.78, 5) is 12.8. The first-order chi connectivity index (χ1) is 13.8. The number of aryl methyl sites for hydroxylation is 3. The summed E-state index contributed by atoms with van der Waals surface area (Å²) >= 11 is 0. The number of anilines is 1. The van der Waals surface area contributed by atoms with E-state index in [1.807, 2.05) is 54.5 Å². The molecule has 2 aromatic rings.